The summed E-state index contributed by atoms with van der Waals surface area (Å²) in [5.74, 6) is 1.13. The molecule has 0 atom stereocenters. The number of rotatable bonds is 3. The Kier molecular flexibility index (Phi) is 4.21. The van der Waals surface area contributed by atoms with E-state index < -0.39 is 0 Å². The van der Waals surface area contributed by atoms with Crippen LogP contribution in [0.2, 0.25) is 0 Å². The lowest BCUT2D eigenvalue weighted by Crippen LogP contribution is -2.29. The van der Waals surface area contributed by atoms with E-state index in [0.717, 1.165) is 39.5 Å². The van der Waals surface area contributed by atoms with Gasteiger partial charge in [0.05, 0.1) is 5.69 Å². The summed E-state index contributed by atoms with van der Waals surface area (Å²) in [6.45, 7) is 2.02. The first-order valence-electron chi connectivity index (χ1n) is 10.4. The maximum Gasteiger partial charge on any atom is 0.407 e. The van der Waals surface area contributed by atoms with E-state index in [0.29, 0.717) is 11.6 Å². The zero-order chi connectivity index (χ0) is 21.5. The van der Waals surface area contributed by atoms with Crippen LogP contribution in [-0.4, -0.2) is 24.7 Å². The number of hydrogen-bond acceptors (Lipinski definition) is 4. The highest BCUT2D eigenvalue weighted by Gasteiger charge is 2.24. The van der Waals surface area contributed by atoms with Crippen LogP contribution >= 0.6 is 0 Å². The Labute approximate surface area is 184 Å². The molecule has 0 bridgehead atoms. The number of benzene rings is 3. The van der Waals surface area contributed by atoms with E-state index in [-0.39, 0.29) is 0 Å². The Morgan fingerprint density at radius 3 is 1.84 bits per heavy atom. The summed E-state index contributed by atoms with van der Waals surface area (Å²) >= 11 is 0. The van der Waals surface area contributed by atoms with Crippen molar-refractivity contribution in [3.8, 4) is 33.8 Å². The van der Waals surface area contributed by atoms with Gasteiger partial charge in [-0.05, 0) is 6.92 Å². The summed E-state index contributed by atoms with van der Waals surface area (Å²) in [6.07, 6.45) is 0. The van der Waals surface area contributed by atoms with E-state index in [4.69, 9.17) is 20.2 Å². The molecule has 0 amide bonds. The first-order valence-corrected chi connectivity index (χ1v) is 10.4. The van der Waals surface area contributed by atoms with Crippen LogP contribution in [0.15, 0.2) is 97.1 Å². The van der Waals surface area contributed by atoms with Crippen LogP contribution in [0.3, 0.4) is 0 Å². The maximum absolute atomic E-state index is 4.99. The van der Waals surface area contributed by atoms with Gasteiger partial charge in [0.1, 0.15) is 17.1 Å². The van der Waals surface area contributed by atoms with Crippen LogP contribution in [0.5, 0.6) is 0 Å². The summed E-state index contributed by atoms with van der Waals surface area (Å²) in [5.41, 5.74) is 6.44. The average Bonchev–Trinajstić information content (AvgIpc) is 3.23. The Morgan fingerprint density at radius 1 is 0.656 bits per heavy atom. The van der Waals surface area contributed by atoms with E-state index >= 15 is 0 Å². The molecule has 0 spiro atoms. The second-order valence-corrected chi connectivity index (χ2v) is 7.61. The van der Waals surface area contributed by atoms with Gasteiger partial charge >= 0.3 is 11.6 Å². The maximum atomic E-state index is 4.99. The predicted octanol–water partition coefficient (Wildman–Crippen LogP) is 4.57. The summed E-state index contributed by atoms with van der Waals surface area (Å²) in [4.78, 5) is 9.82. The van der Waals surface area contributed by atoms with Gasteiger partial charge in [0.15, 0.2) is 0 Å². The minimum absolute atomic E-state index is 0.504. The molecule has 0 unspecified atom stereocenters. The van der Waals surface area contributed by atoms with E-state index in [9.17, 15) is 0 Å². The van der Waals surface area contributed by atoms with Gasteiger partial charge in [-0.1, -0.05) is 95.5 Å². The molecule has 3 aromatic carbocycles. The van der Waals surface area contributed by atoms with Gasteiger partial charge in [0.2, 0.25) is 0 Å². The molecular formula is C26H19N6+. The Balaban J connectivity index is 1.67. The normalized spacial score (nSPS) is 11.3. The van der Waals surface area contributed by atoms with Crippen LogP contribution < -0.4 is 4.52 Å². The number of aromatic nitrogens is 6. The minimum atomic E-state index is 0.504. The Morgan fingerprint density at radius 2 is 1.22 bits per heavy atom. The zero-order valence-corrected chi connectivity index (χ0v) is 17.4. The quantitative estimate of drug-likeness (QED) is 0.397. The third-order valence-corrected chi connectivity index (χ3v) is 5.46. The molecule has 6 rings (SSSR count). The predicted molar refractivity (Wildman–Crippen MR) is 123 cm³/mol. The highest BCUT2D eigenvalue weighted by molar-refractivity contribution is 5.77. The number of nitrogens with zero attached hydrogens (tertiary/aromatic N) is 6. The summed E-state index contributed by atoms with van der Waals surface area (Å²) in [5, 5.41) is 9.71. The molecule has 0 saturated carbocycles. The number of fused-ring (bicyclic) bond motifs is 3. The van der Waals surface area contributed by atoms with Crippen LogP contribution in [-0.2, 0) is 0 Å². The highest BCUT2D eigenvalue weighted by atomic mass is 15.5. The van der Waals surface area contributed by atoms with Gasteiger partial charge in [0.25, 0.3) is 0 Å². The molecule has 0 aliphatic rings. The van der Waals surface area contributed by atoms with Crippen molar-refractivity contribution in [2.75, 3.05) is 0 Å². The summed E-state index contributed by atoms with van der Waals surface area (Å²) < 4.78 is 3.53. The van der Waals surface area contributed by atoms with Crippen LogP contribution in [0.4, 0.5) is 0 Å². The van der Waals surface area contributed by atoms with Crippen LogP contribution in [0, 0.1) is 6.92 Å². The average molecular weight is 415 g/mol. The zero-order valence-electron chi connectivity index (χ0n) is 17.4. The van der Waals surface area contributed by atoms with E-state index in [2.05, 4.69) is 12.1 Å². The molecule has 0 aliphatic carbocycles. The number of aryl methyl sites for hydroxylation is 1. The largest absolute Gasteiger partial charge is 0.407 e. The van der Waals surface area contributed by atoms with Gasteiger partial charge in [-0.25, -0.2) is 0 Å². The SMILES string of the molecule is Cc1cc(-c2ccccc2)nc2n1nc1nc(-c3ccccc3)c(-c3ccccc3)n[n+]12. The molecule has 3 heterocycles. The lowest BCUT2D eigenvalue weighted by molar-refractivity contribution is -0.557. The molecule has 0 radical (unpaired) electrons. The van der Waals surface area contributed by atoms with Gasteiger partial charge in [0, 0.05) is 27.9 Å². The molecule has 0 N–H and O–H groups in total. The smallest absolute Gasteiger partial charge is 0.124 e. The van der Waals surface area contributed by atoms with Gasteiger partial charge in [-0.3, -0.25) is 0 Å². The van der Waals surface area contributed by atoms with Crippen molar-refractivity contribution in [2.45, 2.75) is 6.92 Å². The Bertz CT molecular complexity index is 1560. The van der Waals surface area contributed by atoms with Gasteiger partial charge in [-0.15, -0.1) is 19.6 Å². The topological polar surface area (TPSA) is 60.1 Å². The standard InChI is InChI=1S/C26H19N6/c1-18-17-22(19-11-5-2-6-12-19)27-26-31(18)30-25-28-23(20-13-7-3-8-14-20)24(29-32(25)26)21-15-9-4-10-16-21/h2-17H,1H3/q+1. The van der Waals surface area contributed by atoms with Crippen LogP contribution in [0.25, 0.3) is 45.3 Å². The van der Waals surface area contributed by atoms with E-state index in [1.54, 1.807) is 9.03 Å². The molecule has 6 aromatic rings. The van der Waals surface area contributed by atoms with Crippen molar-refractivity contribution in [1.29, 1.82) is 0 Å². The molecule has 32 heavy (non-hydrogen) atoms. The van der Waals surface area contributed by atoms with Crippen LogP contribution in [0.1, 0.15) is 5.69 Å². The van der Waals surface area contributed by atoms with Crippen molar-refractivity contribution in [3.05, 3.63) is 103 Å². The Hall–Kier alpha value is -4.45. The molecule has 0 saturated heterocycles. The molecule has 6 heteroatoms. The first-order chi connectivity index (χ1) is 15.8. The van der Waals surface area contributed by atoms with E-state index in [1.165, 1.54) is 0 Å². The second kappa shape index (κ2) is 7.35. The fraction of sp³-hybridized carbons (Fsp3) is 0.0385. The monoisotopic (exact) mass is 415 g/mol. The van der Waals surface area contributed by atoms with Crippen molar-refractivity contribution in [3.63, 3.8) is 0 Å². The van der Waals surface area contributed by atoms with Gasteiger partial charge < -0.3 is 0 Å². The van der Waals surface area contributed by atoms with Crippen molar-refractivity contribution in [1.82, 2.24) is 24.7 Å². The fourth-order valence-electron chi connectivity index (χ4n) is 3.89. The molecular weight excluding hydrogens is 396 g/mol. The molecule has 152 valence electrons. The van der Waals surface area contributed by atoms with Crippen molar-refractivity contribution in [2.24, 2.45) is 0 Å². The third-order valence-electron chi connectivity index (χ3n) is 5.46. The fourth-order valence-corrected chi connectivity index (χ4v) is 3.89. The molecule has 0 aliphatic heterocycles. The van der Waals surface area contributed by atoms with E-state index in [1.807, 2.05) is 91.9 Å². The van der Waals surface area contributed by atoms with Crippen molar-refractivity contribution >= 4 is 11.6 Å². The van der Waals surface area contributed by atoms with Crippen molar-refractivity contribution < 1.29 is 4.52 Å². The highest BCUT2D eigenvalue weighted by Crippen LogP contribution is 2.28. The summed E-state index contributed by atoms with van der Waals surface area (Å²) in [6, 6.07) is 32.3. The summed E-state index contributed by atoms with van der Waals surface area (Å²) in [7, 11) is 0. The lowest BCUT2D eigenvalue weighted by Gasteiger charge is -2.05. The third kappa shape index (κ3) is 3.01. The lowest BCUT2D eigenvalue weighted by atomic mass is 10.0. The second-order valence-electron chi connectivity index (χ2n) is 7.61. The number of hydrogen-bond donors (Lipinski definition) is 0. The first kappa shape index (κ1) is 18.3. The molecule has 6 nitrogen and oxygen atoms in total. The molecule has 0 fully saturated rings. The van der Waals surface area contributed by atoms with Gasteiger partial charge in [-0.2, -0.15) is 0 Å². The minimum Gasteiger partial charge on any atom is -0.124 e. The molecule has 3 aromatic heterocycles.